The molecule has 0 radical (unpaired) electrons. The molecule has 0 aliphatic heterocycles. The number of aromatic hydroxyl groups is 2. The molecule has 0 aliphatic carbocycles. The van der Waals surface area contributed by atoms with Crippen LogP contribution in [-0.2, 0) is 6.54 Å². The van der Waals surface area contributed by atoms with Gasteiger partial charge in [-0.25, -0.2) is 0 Å². The number of rotatable bonds is 2. The van der Waals surface area contributed by atoms with E-state index in [9.17, 15) is 10.2 Å². The quantitative estimate of drug-likeness (QED) is 0.709. The standard InChI is InChI=1S/C9H15NO2/c1-6(2)5-10-8(11)4-7(3)9(10)12/h4,6,11-12H,5H2,1-3H3. The van der Waals surface area contributed by atoms with Gasteiger partial charge in [0.15, 0.2) is 11.8 Å². The van der Waals surface area contributed by atoms with Crippen molar-refractivity contribution in [2.45, 2.75) is 27.3 Å². The van der Waals surface area contributed by atoms with E-state index in [2.05, 4.69) is 0 Å². The van der Waals surface area contributed by atoms with Crippen LogP contribution in [0.4, 0.5) is 0 Å². The highest BCUT2D eigenvalue weighted by atomic mass is 16.3. The maximum Gasteiger partial charge on any atom is 0.196 e. The molecule has 0 atom stereocenters. The molecule has 0 aliphatic rings. The van der Waals surface area contributed by atoms with E-state index in [0.717, 1.165) is 0 Å². The molecule has 0 spiro atoms. The summed E-state index contributed by atoms with van der Waals surface area (Å²) in [6.07, 6.45) is 0. The average molecular weight is 169 g/mol. The van der Waals surface area contributed by atoms with Gasteiger partial charge in [-0.1, -0.05) is 13.8 Å². The fourth-order valence-corrected chi connectivity index (χ4v) is 1.20. The lowest BCUT2D eigenvalue weighted by Gasteiger charge is -2.08. The topological polar surface area (TPSA) is 45.4 Å². The van der Waals surface area contributed by atoms with Gasteiger partial charge in [-0.3, -0.25) is 4.57 Å². The summed E-state index contributed by atoms with van der Waals surface area (Å²) < 4.78 is 1.51. The lowest BCUT2D eigenvalue weighted by Crippen LogP contribution is -2.02. The Morgan fingerprint density at radius 3 is 2.33 bits per heavy atom. The number of hydrogen-bond donors (Lipinski definition) is 2. The normalized spacial score (nSPS) is 11.0. The van der Waals surface area contributed by atoms with Crippen molar-refractivity contribution in [1.29, 1.82) is 0 Å². The zero-order valence-corrected chi connectivity index (χ0v) is 7.70. The lowest BCUT2D eigenvalue weighted by atomic mass is 10.2. The summed E-state index contributed by atoms with van der Waals surface area (Å²) in [7, 11) is 0. The first-order valence-electron chi connectivity index (χ1n) is 4.10. The Balaban J connectivity index is 2.97. The highest BCUT2D eigenvalue weighted by Gasteiger charge is 2.10. The van der Waals surface area contributed by atoms with Gasteiger partial charge in [0, 0.05) is 18.2 Å². The van der Waals surface area contributed by atoms with Gasteiger partial charge in [0.1, 0.15) is 0 Å². The zero-order valence-electron chi connectivity index (χ0n) is 7.70. The van der Waals surface area contributed by atoms with Crippen LogP contribution in [0.15, 0.2) is 6.07 Å². The highest BCUT2D eigenvalue weighted by molar-refractivity contribution is 5.33. The molecule has 3 heteroatoms. The second kappa shape index (κ2) is 3.09. The predicted octanol–water partition coefficient (Wildman–Crippen LogP) is 1.86. The third kappa shape index (κ3) is 1.55. The third-order valence-electron chi connectivity index (χ3n) is 1.78. The van der Waals surface area contributed by atoms with Crippen LogP contribution in [0.5, 0.6) is 11.8 Å². The van der Waals surface area contributed by atoms with E-state index in [1.54, 1.807) is 13.0 Å². The van der Waals surface area contributed by atoms with Gasteiger partial charge in [-0.15, -0.1) is 0 Å². The second-order valence-electron chi connectivity index (χ2n) is 3.51. The van der Waals surface area contributed by atoms with Crippen LogP contribution < -0.4 is 0 Å². The van der Waals surface area contributed by atoms with E-state index in [1.165, 1.54) is 4.57 Å². The molecule has 1 aromatic rings. The Bertz CT molecular complexity index is 276. The number of nitrogens with zero attached hydrogens (tertiary/aromatic N) is 1. The maximum absolute atomic E-state index is 9.47. The predicted molar refractivity (Wildman–Crippen MR) is 47.3 cm³/mol. The molecule has 12 heavy (non-hydrogen) atoms. The third-order valence-corrected chi connectivity index (χ3v) is 1.78. The minimum Gasteiger partial charge on any atom is -0.494 e. The van der Waals surface area contributed by atoms with Gasteiger partial charge in [-0.2, -0.15) is 0 Å². The van der Waals surface area contributed by atoms with Crippen LogP contribution in [0.1, 0.15) is 19.4 Å². The molecule has 1 aromatic heterocycles. The largest absolute Gasteiger partial charge is 0.494 e. The van der Waals surface area contributed by atoms with Crippen LogP contribution in [0, 0.1) is 12.8 Å². The smallest absolute Gasteiger partial charge is 0.196 e. The van der Waals surface area contributed by atoms with Gasteiger partial charge in [0.2, 0.25) is 0 Å². The summed E-state index contributed by atoms with van der Waals surface area (Å²) in [5.74, 6) is 0.716. The molecule has 2 N–H and O–H groups in total. The molecule has 0 saturated carbocycles. The molecule has 1 heterocycles. The second-order valence-corrected chi connectivity index (χ2v) is 3.51. The molecule has 0 saturated heterocycles. The van der Waals surface area contributed by atoms with E-state index >= 15 is 0 Å². The van der Waals surface area contributed by atoms with Gasteiger partial charge < -0.3 is 10.2 Å². The van der Waals surface area contributed by atoms with Crippen molar-refractivity contribution in [3.8, 4) is 11.8 Å². The Labute approximate surface area is 72.3 Å². The van der Waals surface area contributed by atoms with Crippen molar-refractivity contribution in [3.63, 3.8) is 0 Å². The first-order valence-corrected chi connectivity index (χ1v) is 4.10. The number of aromatic nitrogens is 1. The fraction of sp³-hybridized carbons (Fsp3) is 0.556. The molecule has 0 unspecified atom stereocenters. The molecule has 0 aromatic carbocycles. The number of hydrogen-bond acceptors (Lipinski definition) is 2. The SMILES string of the molecule is Cc1cc(O)n(CC(C)C)c1O. The average Bonchev–Trinajstić information content (AvgIpc) is 2.16. The molecule has 1 rings (SSSR count). The minimum absolute atomic E-state index is 0.138. The van der Waals surface area contributed by atoms with Crippen LogP contribution >= 0.6 is 0 Å². The van der Waals surface area contributed by atoms with Crippen molar-refractivity contribution in [2.75, 3.05) is 0 Å². The summed E-state index contributed by atoms with van der Waals surface area (Å²) in [6, 6.07) is 1.57. The van der Waals surface area contributed by atoms with Crippen LogP contribution in [0.3, 0.4) is 0 Å². The zero-order chi connectivity index (χ0) is 9.30. The molecule has 68 valence electrons. The van der Waals surface area contributed by atoms with Crippen molar-refractivity contribution < 1.29 is 10.2 Å². The Morgan fingerprint density at radius 2 is 2.00 bits per heavy atom. The summed E-state index contributed by atoms with van der Waals surface area (Å²) in [6.45, 7) is 6.49. The first-order chi connectivity index (χ1) is 5.52. The van der Waals surface area contributed by atoms with E-state index in [4.69, 9.17) is 0 Å². The monoisotopic (exact) mass is 169 g/mol. The van der Waals surface area contributed by atoms with Crippen molar-refractivity contribution in [2.24, 2.45) is 5.92 Å². The van der Waals surface area contributed by atoms with E-state index in [0.29, 0.717) is 18.0 Å². The van der Waals surface area contributed by atoms with Crippen LogP contribution in [0.2, 0.25) is 0 Å². The van der Waals surface area contributed by atoms with Gasteiger partial charge in [0.05, 0.1) is 0 Å². The van der Waals surface area contributed by atoms with Gasteiger partial charge in [0.25, 0.3) is 0 Å². The Hall–Kier alpha value is -1.12. The van der Waals surface area contributed by atoms with Gasteiger partial charge >= 0.3 is 0 Å². The van der Waals surface area contributed by atoms with E-state index < -0.39 is 0 Å². The maximum atomic E-state index is 9.47. The van der Waals surface area contributed by atoms with Crippen LogP contribution in [-0.4, -0.2) is 14.8 Å². The summed E-state index contributed by atoms with van der Waals surface area (Å²) in [5, 5.41) is 18.8. The molecule has 0 bridgehead atoms. The van der Waals surface area contributed by atoms with Crippen molar-refractivity contribution in [1.82, 2.24) is 4.57 Å². The number of aryl methyl sites for hydroxylation is 1. The van der Waals surface area contributed by atoms with Crippen molar-refractivity contribution in [3.05, 3.63) is 11.6 Å². The molecular weight excluding hydrogens is 154 g/mol. The molecule has 3 nitrogen and oxygen atoms in total. The summed E-state index contributed by atoms with van der Waals surface area (Å²) >= 11 is 0. The van der Waals surface area contributed by atoms with Crippen LogP contribution in [0.25, 0.3) is 0 Å². The highest BCUT2D eigenvalue weighted by Crippen LogP contribution is 2.27. The molecular formula is C9H15NO2. The summed E-state index contributed by atoms with van der Waals surface area (Å²) in [4.78, 5) is 0. The minimum atomic E-state index is 0.138. The lowest BCUT2D eigenvalue weighted by molar-refractivity contribution is 0.346. The molecule has 0 fully saturated rings. The van der Waals surface area contributed by atoms with E-state index in [1.807, 2.05) is 13.8 Å². The first kappa shape index (κ1) is 8.97. The van der Waals surface area contributed by atoms with Gasteiger partial charge in [-0.05, 0) is 12.8 Å². The summed E-state index contributed by atoms with van der Waals surface area (Å²) in [5.41, 5.74) is 0.716. The van der Waals surface area contributed by atoms with Crippen molar-refractivity contribution >= 4 is 0 Å². The Kier molecular flexibility index (Phi) is 2.31. The van der Waals surface area contributed by atoms with E-state index in [-0.39, 0.29) is 11.8 Å². The Morgan fingerprint density at radius 1 is 1.42 bits per heavy atom. The fourth-order valence-electron chi connectivity index (χ4n) is 1.20. The molecule has 0 amide bonds.